The summed E-state index contributed by atoms with van der Waals surface area (Å²) in [6.07, 6.45) is 3.53. The van der Waals surface area contributed by atoms with Crippen molar-refractivity contribution in [3.63, 3.8) is 0 Å². The SMILES string of the molecule is CCNC1COCC1C(=O)Nc1ccc2c(c1)CCC2. The Labute approximate surface area is 119 Å². The predicted octanol–water partition coefficient (Wildman–Crippen LogP) is 1.74. The van der Waals surface area contributed by atoms with Gasteiger partial charge in [0.2, 0.25) is 5.91 Å². The Bertz CT molecular complexity index is 501. The number of hydrogen-bond acceptors (Lipinski definition) is 3. The van der Waals surface area contributed by atoms with Crippen molar-refractivity contribution in [1.82, 2.24) is 5.32 Å². The van der Waals surface area contributed by atoms with Crippen molar-refractivity contribution < 1.29 is 9.53 Å². The van der Waals surface area contributed by atoms with Crippen molar-refractivity contribution in [1.29, 1.82) is 0 Å². The summed E-state index contributed by atoms with van der Waals surface area (Å²) in [5, 5.41) is 6.36. The summed E-state index contributed by atoms with van der Waals surface area (Å²) in [7, 11) is 0. The second-order valence-corrected chi connectivity index (χ2v) is 5.63. The maximum atomic E-state index is 12.4. The molecule has 2 unspecified atom stereocenters. The molecule has 1 saturated heterocycles. The van der Waals surface area contributed by atoms with Crippen molar-refractivity contribution in [3.8, 4) is 0 Å². The van der Waals surface area contributed by atoms with Gasteiger partial charge in [-0.15, -0.1) is 0 Å². The van der Waals surface area contributed by atoms with Crippen LogP contribution in [0.15, 0.2) is 18.2 Å². The summed E-state index contributed by atoms with van der Waals surface area (Å²) in [5.41, 5.74) is 3.73. The normalized spacial score (nSPS) is 24.6. The maximum Gasteiger partial charge on any atom is 0.231 e. The zero-order chi connectivity index (χ0) is 13.9. The van der Waals surface area contributed by atoms with Crippen molar-refractivity contribution in [2.24, 2.45) is 5.92 Å². The number of ether oxygens (including phenoxy) is 1. The van der Waals surface area contributed by atoms with Crippen LogP contribution in [-0.2, 0) is 22.4 Å². The second-order valence-electron chi connectivity index (χ2n) is 5.63. The maximum absolute atomic E-state index is 12.4. The fraction of sp³-hybridized carbons (Fsp3) is 0.562. The first-order chi connectivity index (χ1) is 9.78. The average Bonchev–Trinajstić information content (AvgIpc) is 3.07. The molecule has 3 rings (SSSR count). The van der Waals surface area contributed by atoms with Gasteiger partial charge in [-0.05, 0) is 49.1 Å². The van der Waals surface area contributed by atoms with Crippen molar-refractivity contribution in [3.05, 3.63) is 29.3 Å². The number of carbonyl (C=O) groups is 1. The largest absolute Gasteiger partial charge is 0.379 e. The molecule has 2 atom stereocenters. The third-order valence-electron chi connectivity index (χ3n) is 4.25. The summed E-state index contributed by atoms with van der Waals surface area (Å²) in [6, 6.07) is 6.41. The van der Waals surface area contributed by atoms with Crippen molar-refractivity contribution in [2.75, 3.05) is 25.1 Å². The van der Waals surface area contributed by atoms with Crippen LogP contribution in [0.1, 0.15) is 24.5 Å². The van der Waals surface area contributed by atoms with Gasteiger partial charge < -0.3 is 15.4 Å². The number of rotatable bonds is 4. The molecule has 1 aliphatic heterocycles. The van der Waals surface area contributed by atoms with Gasteiger partial charge in [0.25, 0.3) is 0 Å². The minimum absolute atomic E-state index is 0.0615. The van der Waals surface area contributed by atoms with E-state index in [0.717, 1.165) is 18.7 Å². The lowest BCUT2D eigenvalue weighted by Gasteiger charge is -2.18. The van der Waals surface area contributed by atoms with Crippen LogP contribution in [0.4, 0.5) is 5.69 Å². The Kier molecular flexibility index (Phi) is 4.03. The molecule has 0 saturated carbocycles. The summed E-state index contributed by atoms with van der Waals surface area (Å²) >= 11 is 0. The molecule has 0 radical (unpaired) electrons. The highest BCUT2D eigenvalue weighted by molar-refractivity contribution is 5.93. The van der Waals surface area contributed by atoms with Gasteiger partial charge in [0.1, 0.15) is 0 Å². The summed E-state index contributed by atoms with van der Waals surface area (Å²) in [4.78, 5) is 12.4. The van der Waals surface area contributed by atoms with Crippen LogP contribution in [0.3, 0.4) is 0 Å². The topological polar surface area (TPSA) is 50.4 Å². The summed E-state index contributed by atoms with van der Waals surface area (Å²) < 4.78 is 5.43. The molecule has 0 aromatic heterocycles. The molecule has 4 heteroatoms. The summed E-state index contributed by atoms with van der Waals surface area (Å²) in [6.45, 7) is 4.04. The lowest BCUT2D eigenvalue weighted by molar-refractivity contribution is -0.120. The van der Waals surface area contributed by atoms with E-state index in [-0.39, 0.29) is 17.9 Å². The van der Waals surface area contributed by atoms with Gasteiger partial charge in [-0.25, -0.2) is 0 Å². The van der Waals surface area contributed by atoms with E-state index in [1.54, 1.807) is 0 Å². The molecule has 1 aromatic rings. The number of anilines is 1. The Morgan fingerprint density at radius 1 is 1.30 bits per heavy atom. The molecular formula is C16H22N2O2. The molecule has 2 aliphatic rings. The molecule has 1 aliphatic carbocycles. The number of hydrogen-bond donors (Lipinski definition) is 2. The third-order valence-corrected chi connectivity index (χ3v) is 4.25. The molecule has 1 fully saturated rings. The molecular weight excluding hydrogens is 252 g/mol. The van der Waals surface area contributed by atoms with E-state index < -0.39 is 0 Å². The van der Waals surface area contributed by atoms with E-state index in [4.69, 9.17) is 4.74 Å². The first-order valence-corrected chi connectivity index (χ1v) is 7.51. The fourth-order valence-electron chi connectivity index (χ4n) is 3.16. The Morgan fingerprint density at radius 2 is 2.15 bits per heavy atom. The fourth-order valence-corrected chi connectivity index (χ4v) is 3.16. The first-order valence-electron chi connectivity index (χ1n) is 7.51. The van der Waals surface area contributed by atoms with E-state index in [9.17, 15) is 4.79 Å². The minimum atomic E-state index is -0.0943. The van der Waals surface area contributed by atoms with Gasteiger partial charge in [0, 0.05) is 11.7 Å². The highest BCUT2D eigenvalue weighted by Crippen LogP contribution is 2.25. The highest BCUT2D eigenvalue weighted by atomic mass is 16.5. The standard InChI is InChI=1S/C16H22N2O2/c1-2-17-15-10-20-9-14(15)16(19)18-13-7-6-11-4-3-5-12(11)8-13/h6-8,14-15,17H,2-5,9-10H2,1H3,(H,18,19). The molecule has 1 heterocycles. The Balaban J connectivity index is 1.66. The Hall–Kier alpha value is -1.39. The van der Waals surface area contributed by atoms with Crippen LogP contribution in [0, 0.1) is 5.92 Å². The molecule has 1 aromatic carbocycles. The highest BCUT2D eigenvalue weighted by Gasteiger charge is 2.33. The van der Waals surface area contributed by atoms with Crippen LogP contribution in [0.5, 0.6) is 0 Å². The number of carbonyl (C=O) groups excluding carboxylic acids is 1. The zero-order valence-corrected chi connectivity index (χ0v) is 11.9. The number of amides is 1. The smallest absolute Gasteiger partial charge is 0.231 e. The summed E-state index contributed by atoms with van der Waals surface area (Å²) in [5.74, 6) is -0.0328. The minimum Gasteiger partial charge on any atom is -0.379 e. The van der Waals surface area contributed by atoms with Crippen LogP contribution >= 0.6 is 0 Å². The third kappa shape index (κ3) is 2.72. The molecule has 0 bridgehead atoms. The predicted molar refractivity (Wildman–Crippen MR) is 78.9 cm³/mol. The quantitative estimate of drug-likeness (QED) is 0.879. The van der Waals surface area contributed by atoms with Crippen molar-refractivity contribution in [2.45, 2.75) is 32.2 Å². The number of fused-ring (bicyclic) bond motifs is 1. The molecule has 4 nitrogen and oxygen atoms in total. The number of benzene rings is 1. The van der Waals surface area contributed by atoms with Crippen LogP contribution in [0.2, 0.25) is 0 Å². The van der Waals surface area contributed by atoms with E-state index in [1.165, 1.54) is 24.0 Å². The van der Waals surface area contributed by atoms with Crippen molar-refractivity contribution >= 4 is 11.6 Å². The lowest BCUT2D eigenvalue weighted by Crippen LogP contribution is -2.41. The van der Waals surface area contributed by atoms with Crippen LogP contribution in [-0.4, -0.2) is 31.7 Å². The molecule has 2 N–H and O–H groups in total. The molecule has 0 spiro atoms. The number of aryl methyl sites for hydroxylation is 2. The second kappa shape index (κ2) is 5.94. The zero-order valence-electron chi connectivity index (χ0n) is 11.9. The van der Waals surface area contributed by atoms with Crippen LogP contribution < -0.4 is 10.6 Å². The van der Waals surface area contributed by atoms with Gasteiger partial charge >= 0.3 is 0 Å². The number of nitrogens with one attached hydrogen (secondary N) is 2. The Morgan fingerprint density at radius 3 is 3.00 bits per heavy atom. The van der Waals surface area contributed by atoms with E-state index in [2.05, 4.69) is 22.8 Å². The number of likely N-dealkylation sites (N-methyl/N-ethyl adjacent to an activating group) is 1. The van der Waals surface area contributed by atoms with Gasteiger partial charge in [0.05, 0.1) is 19.1 Å². The van der Waals surface area contributed by atoms with Gasteiger partial charge in [-0.3, -0.25) is 4.79 Å². The van der Waals surface area contributed by atoms with Gasteiger partial charge in [-0.1, -0.05) is 13.0 Å². The average molecular weight is 274 g/mol. The monoisotopic (exact) mass is 274 g/mol. The molecule has 108 valence electrons. The van der Waals surface area contributed by atoms with Gasteiger partial charge in [-0.2, -0.15) is 0 Å². The van der Waals surface area contributed by atoms with Crippen LogP contribution in [0.25, 0.3) is 0 Å². The molecule has 20 heavy (non-hydrogen) atoms. The first kappa shape index (κ1) is 13.6. The lowest BCUT2D eigenvalue weighted by atomic mass is 10.0. The molecule has 1 amide bonds. The van der Waals surface area contributed by atoms with E-state index in [0.29, 0.717) is 13.2 Å². The van der Waals surface area contributed by atoms with E-state index in [1.807, 2.05) is 13.0 Å². The van der Waals surface area contributed by atoms with E-state index >= 15 is 0 Å². The van der Waals surface area contributed by atoms with Gasteiger partial charge in [0.15, 0.2) is 0 Å².